The third-order valence-corrected chi connectivity index (χ3v) is 5.13. The van der Waals surface area contributed by atoms with E-state index in [0.29, 0.717) is 16.3 Å². The van der Waals surface area contributed by atoms with E-state index in [9.17, 15) is 26.7 Å². The van der Waals surface area contributed by atoms with E-state index in [1.165, 1.54) is 23.5 Å². The first-order valence-corrected chi connectivity index (χ1v) is 9.71. The predicted molar refractivity (Wildman–Crippen MR) is 94.6 cm³/mol. The molecule has 27 heavy (non-hydrogen) atoms. The Balaban J connectivity index is 1.93. The summed E-state index contributed by atoms with van der Waals surface area (Å²) < 4.78 is 66.4. The third kappa shape index (κ3) is 4.24. The summed E-state index contributed by atoms with van der Waals surface area (Å²) in [6.07, 6.45) is 0.0812. The van der Waals surface area contributed by atoms with Crippen LogP contribution < -0.4 is 4.72 Å². The van der Waals surface area contributed by atoms with E-state index >= 15 is 0 Å². The largest absolute Gasteiger partial charge is 0.760 e. The van der Waals surface area contributed by atoms with Gasteiger partial charge in [-0.1, -0.05) is 0 Å². The summed E-state index contributed by atoms with van der Waals surface area (Å²) in [5.74, 6) is -5.01. The Bertz CT molecular complexity index is 1040. The Morgan fingerprint density at radius 1 is 1.22 bits per heavy atom. The number of hydrogen-bond acceptors (Lipinski definition) is 5. The van der Waals surface area contributed by atoms with Gasteiger partial charge in [-0.3, -0.25) is 9.00 Å². The number of aryl methyl sites for hydroxylation is 1. The second-order valence-electron chi connectivity index (χ2n) is 5.62. The summed E-state index contributed by atoms with van der Waals surface area (Å²) in [6, 6.07) is 5.05. The minimum absolute atomic E-state index is 0.000127. The van der Waals surface area contributed by atoms with Crippen molar-refractivity contribution in [3.8, 4) is 0 Å². The Labute approximate surface area is 158 Å². The molecule has 0 saturated carbocycles. The molecule has 5 nitrogen and oxygen atoms in total. The Morgan fingerprint density at radius 2 is 2.00 bits per heavy atom. The number of aromatic nitrogens is 1. The monoisotopic (exact) mass is 413 g/mol. The summed E-state index contributed by atoms with van der Waals surface area (Å²) in [5.41, 5.74) is 1.07. The first-order valence-electron chi connectivity index (χ1n) is 7.75. The number of rotatable bonds is 7. The van der Waals surface area contributed by atoms with Crippen molar-refractivity contribution in [3.63, 3.8) is 0 Å². The zero-order valence-electron chi connectivity index (χ0n) is 13.6. The van der Waals surface area contributed by atoms with Gasteiger partial charge >= 0.3 is 0 Å². The molecule has 0 amide bonds. The molecule has 2 aromatic carbocycles. The van der Waals surface area contributed by atoms with Gasteiger partial charge in [0.25, 0.3) is 0 Å². The van der Waals surface area contributed by atoms with Crippen molar-refractivity contribution < 1.29 is 26.7 Å². The van der Waals surface area contributed by atoms with Gasteiger partial charge in [0.1, 0.15) is 5.82 Å². The fraction of sp³-hybridized carbons (Fsp3) is 0.176. The van der Waals surface area contributed by atoms with Gasteiger partial charge in [-0.2, -0.15) is 0 Å². The van der Waals surface area contributed by atoms with Gasteiger partial charge in [-0.25, -0.2) is 22.9 Å². The highest BCUT2D eigenvalue weighted by Crippen LogP contribution is 2.26. The maximum absolute atomic E-state index is 14.7. The SMILES string of the molecule is O=C(c1ccc2ncsc2c1)c1c(F)c(F)cc(CCCNS(=O)[O-])c1F. The lowest BCUT2D eigenvalue weighted by Gasteiger charge is -2.11. The average molecular weight is 413 g/mol. The molecule has 0 aliphatic carbocycles. The number of benzene rings is 2. The molecule has 0 aliphatic rings. The Hall–Kier alpha value is -2.14. The minimum Gasteiger partial charge on any atom is -0.760 e. The molecule has 3 rings (SSSR count). The summed E-state index contributed by atoms with van der Waals surface area (Å²) >= 11 is -1.21. The van der Waals surface area contributed by atoms with E-state index in [1.807, 2.05) is 0 Å². The number of carbonyl (C=O) groups is 1. The van der Waals surface area contributed by atoms with Gasteiger partial charge in [0, 0.05) is 23.4 Å². The summed E-state index contributed by atoms with van der Waals surface area (Å²) in [5, 5.41) is 0. The van der Waals surface area contributed by atoms with Crippen LogP contribution in [0, 0.1) is 17.5 Å². The number of nitrogens with zero attached hydrogens (tertiary/aromatic N) is 1. The second-order valence-corrected chi connectivity index (χ2v) is 7.26. The van der Waals surface area contributed by atoms with Crippen molar-refractivity contribution >= 4 is 38.6 Å². The molecule has 1 heterocycles. The number of fused-ring (bicyclic) bond motifs is 1. The van der Waals surface area contributed by atoms with E-state index in [2.05, 4.69) is 9.71 Å². The molecular weight excluding hydrogens is 401 g/mol. The van der Waals surface area contributed by atoms with Crippen LogP contribution in [0.15, 0.2) is 29.8 Å². The molecule has 1 aromatic heterocycles. The standard InChI is InChI=1S/C17H13F3N2O3S2/c18-11-6-9(2-1-5-22-27(24)25)15(19)14(16(11)20)17(23)10-3-4-12-13(7-10)26-8-21-12/h3-4,6-8,22H,1-2,5H2,(H,24,25)/p-1. The van der Waals surface area contributed by atoms with Gasteiger partial charge in [0.2, 0.25) is 0 Å². The normalized spacial score (nSPS) is 12.4. The summed E-state index contributed by atoms with van der Waals surface area (Å²) in [6.45, 7) is -0.000127. The predicted octanol–water partition coefficient (Wildman–Crippen LogP) is 3.26. The highest BCUT2D eigenvalue weighted by molar-refractivity contribution is 7.77. The van der Waals surface area contributed by atoms with Crippen LogP contribution in [0.3, 0.4) is 0 Å². The zero-order valence-corrected chi connectivity index (χ0v) is 15.3. The van der Waals surface area contributed by atoms with Crippen molar-refractivity contribution in [1.29, 1.82) is 0 Å². The zero-order chi connectivity index (χ0) is 19.6. The molecule has 10 heteroatoms. The van der Waals surface area contributed by atoms with Gasteiger partial charge in [-0.15, -0.1) is 11.3 Å². The Morgan fingerprint density at radius 3 is 2.74 bits per heavy atom. The second kappa shape index (κ2) is 8.26. The molecule has 0 bridgehead atoms. The van der Waals surface area contributed by atoms with E-state index in [4.69, 9.17) is 0 Å². The lowest BCUT2D eigenvalue weighted by molar-refractivity contribution is 0.103. The van der Waals surface area contributed by atoms with Crippen LogP contribution in [0.1, 0.15) is 27.9 Å². The minimum atomic E-state index is -2.47. The van der Waals surface area contributed by atoms with E-state index in [1.54, 1.807) is 11.6 Å². The smallest absolute Gasteiger partial charge is 0.199 e. The lowest BCUT2D eigenvalue weighted by atomic mass is 9.97. The van der Waals surface area contributed by atoms with Crippen LogP contribution in [0.2, 0.25) is 0 Å². The molecule has 1 atom stereocenters. The number of carbonyl (C=O) groups excluding carboxylic acids is 1. The van der Waals surface area contributed by atoms with Crippen molar-refractivity contribution in [2.45, 2.75) is 12.8 Å². The first kappa shape index (κ1) is 19.6. The molecule has 0 fully saturated rings. The van der Waals surface area contributed by atoms with Crippen LogP contribution in [0.5, 0.6) is 0 Å². The molecule has 3 aromatic rings. The number of ketones is 1. The highest BCUT2D eigenvalue weighted by Gasteiger charge is 2.25. The molecule has 1 N–H and O–H groups in total. The lowest BCUT2D eigenvalue weighted by Crippen LogP contribution is -2.18. The van der Waals surface area contributed by atoms with Crippen molar-refractivity contribution in [2.75, 3.05) is 6.54 Å². The number of hydrogen-bond donors (Lipinski definition) is 1. The van der Waals surface area contributed by atoms with Crippen LogP contribution in [-0.4, -0.2) is 26.1 Å². The van der Waals surface area contributed by atoms with Gasteiger partial charge in [-0.05, 0) is 42.7 Å². The maximum Gasteiger partial charge on any atom is 0.199 e. The summed E-state index contributed by atoms with van der Waals surface area (Å²) in [7, 11) is 0. The quantitative estimate of drug-likeness (QED) is 0.279. The van der Waals surface area contributed by atoms with Crippen molar-refractivity contribution in [3.05, 3.63) is 63.9 Å². The highest BCUT2D eigenvalue weighted by atomic mass is 32.2. The van der Waals surface area contributed by atoms with E-state index < -0.39 is 40.1 Å². The molecule has 0 saturated heterocycles. The van der Waals surface area contributed by atoms with Crippen molar-refractivity contribution in [2.24, 2.45) is 0 Å². The molecule has 0 spiro atoms. The van der Waals surface area contributed by atoms with E-state index in [-0.39, 0.29) is 30.5 Å². The number of thiazole rings is 1. The van der Waals surface area contributed by atoms with Crippen LogP contribution in [-0.2, 0) is 17.7 Å². The van der Waals surface area contributed by atoms with Crippen molar-refractivity contribution in [1.82, 2.24) is 9.71 Å². The van der Waals surface area contributed by atoms with E-state index in [0.717, 1.165) is 0 Å². The molecule has 0 aliphatic heterocycles. The average Bonchev–Trinajstić information content (AvgIpc) is 3.10. The van der Waals surface area contributed by atoms with Crippen LogP contribution >= 0.6 is 11.3 Å². The maximum atomic E-state index is 14.7. The molecular formula is C17H12F3N2O3S2-. The van der Waals surface area contributed by atoms with Gasteiger partial charge in [0.15, 0.2) is 17.4 Å². The van der Waals surface area contributed by atoms with Gasteiger partial charge in [0.05, 0.1) is 21.3 Å². The fourth-order valence-corrected chi connectivity index (χ4v) is 3.64. The molecule has 0 radical (unpaired) electrons. The van der Waals surface area contributed by atoms with Crippen LogP contribution in [0.4, 0.5) is 13.2 Å². The number of nitrogens with one attached hydrogen (secondary N) is 1. The molecule has 1 unspecified atom stereocenters. The topological polar surface area (TPSA) is 82.1 Å². The third-order valence-electron chi connectivity index (χ3n) is 3.89. The summed E-state index contributed by atoms with van der Waals surface area (Å²) in [4.78, 5) is 16.7. The fourth-order valence-electron chi connectivity index (χ4n) is 2.61. The van der Waals surface area contributed by atoms with Crippen LogP contribution in [0.25, 0.3) is 10.2 Å². The Kier molecular flexibility index (Phi) is 6.00. The van der Waals surface area contributed by atoms with Gasteiger partial charge < -0.3 is 4.55 Å². The molecule has 142 valence electrons. The number of halogens is 3. The first-order chi connectivity index (χ1) is 12.9.